The van der Waals surface area contributed by atoms with Gasteiger partial charge < -0.3 is 15.2 Å². The predicted molar refractivity (Wildman–Crippen MR) is 60.0 cm³/mol. The molecule has 0 radical (unpaired) electrons. The maximum absolute atomic E-state index is 11.3. The molecule has 0 aliphatic heterocycles. The van der Waals surface area contributed by atoms with Crippen LogP contribution in [0.25, 0.3) is 0 Å². The van der Waals surface area contributed by atoms with E-state index in [4.69, 9.17) is 9.84 Å². The Labute approximate surface area is 95.9 Å². The summed E-state index contributed by atoms with van der Waals surface area (Å²) in [5, 5.41) is 11.2. The number of alkyl carbamates (subject to hydrolysis) is 1. The summed E-state index contributed by atoms with van der Waals surface area (Å²) < 4.78 is 26.9. The van der Waals surface area contributed by atoms with Gasteiger partial charge in [-0.25, -0.2) is 13.2 Å². The van der Waals surface area contributed by atoms with Crippen LogP contribution in [0.2, 0.25) is 0 Å². The Morgan fingerprint density at radius 3 is 2.25 bits per heavy atom. The van der Waals surface area contributed by atoms with E-state index in [1.807, 2.05) is 0 Å². The van der Waals surface area contributed by atoms with Gasteiger partial charge in [-0.3, -0.25) is 0 Å². The third-order valence-corrected chi connectivity index (χ3v) is 2.45. The number of sulfone groups is 1. The predicted octanol–water partition coefficient (Wildman–Crippen LogP) is -0.0834. The fourth-order valence-corrected chi connectivity index (χ4v) is 1.90. The molecule has 0 saturated heterocycles. The van der Waals surface area contributed by atoms with Crippen molar-refractivity contribution in [3.05, 3.63) is 0 Å². The van der Waals surface area contributed by atoms with Gasteiger partial charge in [-0.05, 0) is 20.8 Å². The number of hydrogen-bond donors (Lipinski definition) is 2. The second kappa shape index (κ2) is 5.49. The number of rotatable bonds is 4. The summed E-state index contributed by atoms with van der Waals surface area (Å²) in [5.74, 6) is -0.317. The molecule has 1 atom stereocenters. The number of aliphatic hydroxyl groups excluding tert-OH is 1. The molecule has 0 aromatic carbocycles. The van der Waals surface area contributed by atoms with Crippen LogP contribution in [0, 0.1) is 0 Å². The van der Waals surface area contributed by atoms with Crippen molar-refractivity contribution in [3.8, 4) is 0 Å². The van der Waals surface area contributed by atoms with Gasteiger partial charge in [0.15, 0.2) is 0 Å². The molecule has 0 bridgehead atoms. The monoisotopic (exact) mass is 253 g/mol. The second-order valence-corrected chi connectivity index (χ2v) is 6.80. The Bertz CT molecular complexity index is 330. The second-order valence-electron chi connectivity index (χ2n) is 4.62. The molecule has 16 heavy (non-hydrogen) atoms. The molecule has 0 saturated carbocycles. The van der Waals surface area contributed by atoms with E-state index in [1.165, 1.54) is 0 Å². The van der Waals surface area contributed by atoms with Crippen molar-refractivity contribution in [1.82, 2.24) is 5.32 Å². The number of amides is 1. The van der Waals surface area contributed by atoms with Gasteiger partial charge in [0, 0.05) is 6.26 Å². The van der Waals surface area contributed by atoms with Crippen LogP contribution in [0.1, 0.15) is 20.8 Å². The molecule has 0 fully saturated rings. The Hall–Kier alpha value is -0.820. The zero-order valence-corrected chi connectivity index (χ0v) is 10.8. The maximum Gasteiger partial charge on any atom is 0.407 e. The Morgan fingerprint density at radius 1 is 1.44 bits per heavy atom. The number of carbonyl (C=O) groups excluding carboxylic acids is 1. The van der Waals surface area contributed by atoms with Gasteiger partial charge in [0.1, 0.15) is 15.4 Å². The average Bonchev–Trinajstić information content (AvgIpc) is 1.96. The van der Waals surface area contributed by atoms with Gasteiger partial charge in [-0.2, -0.15) is 0 Å². The fourth-order valence-electron chi connectivity index (χ4n) is 0.980. The van der Waals surface area contributed by atoms with E-state index in [-0.39, 0.29) is 5.75 Å². The standard InChI is InChI=1S/C9H19NO5S/c1-9(2,3)15-8(12)10-7(5-11)6-16(4,13)14/h7,11H,5-6H2,1-4H3,(H,10,12)/t7-/m1/s1. The molecule has 0 rings (SSSR count). The van der Waals surface area contributed by atoms with Crippen molar-refractivity contribution in [1.29, 1.82) is 0 Å². The molecule has 0 aliphatic carbocycles. The maximum atomic E-state index is 11.3. The molecule has 0 spiro atoms. The van der Waals surface area contributed by atoms with E-state index in [2.05, 4.69) is 5.32 Å². The molecule has 0 aromatic heterocycles. The first-order valence-electron chi connectivity index (χ1n) is 4.81. The molecule has 7 heteroatoms. The van der Waals surface area contributed by atoms with Crippen molar-refractivity contribution in [3.63, 3.8) is 0 Å². The van der Waals surface area contributed by atoms with Crippen LogP contribution in [0.5, 0.6) is 0 Å². The van der Waals surface area contributed by atoms with E-state index in [0.29, 0.717) is 0 Å². The van der Waals surface area contributed by atoms with Crippen LogP contribution in [-0.4, -0.2) is 49.9 Å². The zero-order valence-electron chi connectivity index (χ0n) is 9.98. The van der Waals surface area contributed by atoms with Crippen LogP contribution in [-0.2, 0) is 14.6 Å². The Balaban J connectivity index is 4.29. The summed E-state index contributed by atoms with van der Waals surface area (Å²) in [4.78, 5) is 11.3. The fraction of sp³-hybridized carbons (Fsp3) is 0.889. The number of carbonyl (C=O) groups is 1. The highest BCUT2D eigenvalue weighted by Gasteiger charge is 2.21. The van der Waals surface area contributed by atoms with Gasteiger partial charge in [0.05, 0.1) is 18.4 Å². The van der Waals surface area contributed by atoms with E-state index in [1.54, 1.807) is 20.8 Å². The summed E-state index contributed by atoms with van der Waals surface area (Å²) in [6.07, 6.45) is 0.294. The first-order valence-corrected chi connectivity index (χ1v) is 6.87. The minimum atomic E-state index is -3.26. The minimum absolute atomic E-state index is 0.317. The van der Waals surface area contributed by atoms with Crippen molar-refractivity contribution >= 4 is 15.9 Å². The smallest absolute Gasteiger partial charge is 0.407 e. The zero-order chi connectivity index (χ0) is 13.0. The molecule has 0 aromatic rings. The molecule has 96 valence electrons. The molecular formula is C9H19NO5S. The van der Waals surface area contributed by atoms with Gasteiger partial charge in [0.2, 0.25) is 0 Å². The SMILES string of the molecule is CC(C)(C)OC(=O)N[C@H](CO)CS(C)(=O)=O. The summed E-state index contributed by atoms with van der Waals surface area (Å²) in [5.41, 5.74) is -0.658. The van der Waals surface area contributed by atoms with Crippen LogP contribution >= 0.6 is 0 Å². The number of nitrogens with one attached hydrogen (secondary N) is 1. The van der Waals surface area contributed by atoms with E-state index < -0.39 is 34.2 Å². The molecule has 6 nitrogen and oxygen atoms in total. The molecule has 1 amide bonds. The molecule has 0 heterocycles. The lowest BCUT2D eigenvalue weighted by atomic mass is 10.2. The largest absolute Gasteiger partial charge is 0.444 e. The molecule has 0 aliphatic rings. The lowest BCUT2D eigenvalue weighted by Gasteiger charge is -2.22. The van der Waals surface area contributed by atoms with Crippen LogP contribution in [0.3, 0.4) is 0 Å². The van der Waals surface area contributed by atoms with Gasteiger partial charge in [-0.15, -0.1) is 0 Å². The van der Waals surface area contributed by atoms with Crippen molar-refractivity contribution < 1.29 is 23.1 Å². The lowest BCUT2D eigenvalue weighted by Crippen LogP contribution is -2.44. The Morgan fingerprint density at radius 2 is 1.94 bits per heavy atom. The molecule has 2 N–H and O–H groups in total. The number of hydrogen-bond acceptors (Lipinski definition) is 5. The van der Waals surface area contributed by atoms with Crippen LogP contribution < -0.4 is 5.32 Å². The molecule has 0 unspecified atom stereocenters. The third-order valence-electron chi connectivity index (χ3n) is 1.45. The van der Waals surface area contributed by atoms with Crippen LogP contribution in [0.4, 0.5) is 4.79 Å². The average molecular weight is 253 g/mol. The van der Waals surface area contributed by atoms with E-state index in [0.717, 1.165) is 6.26 Å². The van der Waals surface area contributed by atoms with Crippen molar-refractivity contribution in [2.45, 2.75) is 32.4 Å². The van der Waals surface area contributed by atoms with E-state index >= 15 is 0 Å². The highest BCUT2D eigenvalue weighted by Crippen LogP contribution is 2.06. The molecular weight excluding hydrogens is 234 g/mol. The van der Waals surface area contributed by atoms with Gasteiger partial charge in [0.25, 0.3) is 0 Å². The lowest BCUT2D eigenvalue weighted by molar-refractivity contribution is 0.0490. The summed E-state index contributed by atoms with van der Waals surface area (Å²) in [7, 11) is -3.26. The van der Waals surface area contributed by atoms with Gasteiger partial charge >= 0.3 is 6.09 Å². The quantitative estimate of drug-likeness (QED) is 0.731. The first-order chi connectivity index (χ1) is 7.03. The highest BCUT2D eigenvalue weighted by atomic mass is 32.2. The number of aliphatic hydroxyl groups is 1. The topological polar surface area (TPSA) is 92.7 Å². The van der Waals surface area contributed by atoms with Crippen molar-refractivity contribution in [2.75, 3.05) is 18.6 Å². The van der Waals surface area contributed by atoms with Crippen molar-refractivity contribution in [2.24, 2.45) is 0 Å². The van der Waals surface area contributed by atoms with E-state index in [9.17, 15) is 13.2 Å². The highest BCUT2D eigenvalue weighted by molar-refractivity contribution is 7.90. The summed E-state index contributed by atoms with van der Waals surface area (Å²) in [6, 6.07) is -0.843. The first kappa shape index (κ1) is 15.2. The number of ether oxygens (including phenoxy) is 1. The van der Waals surface area contributed by atoms with Gasteiger partial charge in [-0.1, -0.05) is 0 Å². The normalized spacial score (nSPS) is 14.3. The third kappa shape index (κ3) is 8.49. The minimum Gasteiger partial charge on any atom is -0.444 e. The summed E-state index contributed by atoms with van der Waals surface area (Å²) >= 11 is 0. The summed E-state index contributed by atoms with van der Waals surface area (Å²) in [6.45, 7) is 4.62. The Kier molecular flexibility index (Phi) is 5.21. The van der Waals surface area contributed by atoms with Crippen LogP contribution in [0.15, 0.2) is 0 Å².